The standard InChI is InChI=1S/C19H30N4O3/c1-2-6-22-7-5-20-17(22)12-21-10-15-11-23(16-3-8-26-9-4-16)14-19(15,13-21)18(24)25/h5,7,15-16H,2-4,6,8-14H2,1H3,(H,24,25)/t15-,19-/m0/s1. The number of carbonyl (C=O) groups is 1. The molecule has 3 aliphatic rings. The van der Waals surface area contributed by atoms with Crippen LogP contribution in [0.3, 0.4) is 0 Å². The summed E-state index contributed by atoms with van der Waals surface area (Å²) in [4.78, 5) is 21.5. The summed E-state index contributed by atoms with van der Waals surface area (Å²) in [5.74, 6) is 0.627. The lowest BCUT2D eigenvalue weighted by atomic mass is 9.81. The molecule has 3 fully saturated rings. The van der Waals surface area contributed by atoms with Crippen LogP contribution >= 0.6 is 0 Å². The summed E-state index contributed by atoms with van der Waals surface area (Å²) in [5.41, 5.74) is -0.625. The van der Waals surface area contributed by atoms with Crippen LogP contribution in [0.4, 0.5) is 0 Å². The van der Waals surface area contributed by atoms with Crippen molar-refractivity contribution in [2.45, 2.75) is 45.3 Å². The third kappa shape index (κ3) is 3.17. The van der Waals surface area contributed by atoms with Gasteiger partial charge in [0.15, 0.2) is 0 Å². The largest absolute Gasteiger partial charge is 0.481 e. The number of ether oxygens (including phenoxy) is 1. The number of hydrogen-bond acceptors (Lipinski definition) is 5. The Labute approximate surface area is 154 Å². The third-order valence-corrected chi connectivity index (χ3v) is 6.47. The van der Waals surface area contributed by atoms with Gasteiger partial charge in [-0.15, -0.1) is 0 Å². The maximum atomic E-state index is 12.3. The quantitative estimate of drug-likeness (QED) is 0.822. The first-order valence-corrected chi connectivity index (χ1v) is 9.90. The number of aliphatic carboxylic acids is 1. The Hall–Kier alpha value is -1.44. The smallest absolute Gasteiger partial charge is 0.312 e. The molecule has 4 heterocycles. The number of nitrogens with zero attached hydrogens (tertiary/aromatic N) is 4. The van der Waals surface area contributed by atoms with E-state index in [0.717, 1.165) is 64.5 Å². The zero-order chi connectivity index (χ0) is 18.1. The van der Waals surface area contributed by atoms with Crippen molar-refractivity contribution in [3.8, 4) is 0 Å². The molecule has 0 aromatic carbocycles. The van der Waals surface area contributed by atoms with Gasteiger partial charge in [0.1, 0.15) is 5.82 Å². The third-order valence-electron chi connectivity index (χ3n) is 6.47. The lowest BCUT2D eigenvalue weighted by Crippen LogP contribution is -2.44. The number of carboxylic acids is 1. The van der Waals surface area contributed by atoms with E-state index in [9.17, 15) is 9.90 Å². The predicted octanol–water partition coefficient (Wildman–Crippen LogP) is 1.29. The van der Waals surface area contributed by atoms with Gasteiger partial charge in [-0.05, 0) is 19.3 Å². The number of imidazole rings is 1. The molecule has 3 saturated heterocycles. The second-order valence-corrected chi connectivity index (χ2v) is 8.14. The maximum Gasteiger partial charge on any atom is 0.312 e. The van der Waals surface area contributed by atoms with E-state index < -0.39 is 11.4 Å². The molecular formula is C19H30N4O3. The van der Waals surface area contributed by atoms with E-state index in [1.807, 2.05) is 12.4 Å². The van der Waals surface area contributed by atoms with Crippen LogP contribution in [0, 0.1) is 11.3 Å². The van der Waals surface area contributed by atoms with Crippen LogP contribution < -0.4 is 0 Å². The second-order valence-electron chi connectivity index (χ2n) is 8.14. The molecule has 26 heavy (non-hydrogen) atoms. The molecule has 7 nitrogen and oxygen atoms in total. The molecule has 1 aromatic rings. The Morgan fingerprint density at radius 2 is 2.15 bits per heavy atom. The number of rotatable bonds is 6. The predicted molar refractivity (Wildman–Crippen MR) is 96.8 cm³/mol. The molecule has 0 aliphatic carbocycles. The van der Waals surface area contributed by atoms with Gasteiger partial charge in [-0.1, -0.05) is 6.92 Å². The fraction of sp³-hybridized carbons (Fsp3) is 0.789. The SMILES string of the molecule is CCCn1ccnc1CN1C[C@H]2CN(C3CCOCC3)C[C@@]2(C(=O)O)C1. The summed E-state index contributed by atoms with van der Waals surface area (Å²) >= 11 is 0. The van der Waals surface area contributed by atoms with Crippen molar-refractivity contribution in [2.75, 3.05) is 39.4 Å². The highest BCUT2D eigenvalue weighted by molar-refractivity contribution is 5.77. The van der Waals surface area contributed by atoms with Crippen molar-refractivity contribution in [1.82, 2.24) is 19.4 Å². The summed E-state index contributed by atoms with van der Waals surface area (Å²) in [5, 5.41) is 10.1. The van der Waals surface area contributed by atoms with Crippen molar-refractivity contribution >= 4 is 5.97 Å². The first-order valence-electron chi connectivity index (χ1n) is 9.90. The molecule has 0 spiro atoms. The molecule has 0 radical (unpaired) electrons. The van der Waals surface area contributed by atoms with Crippen LogP contribution in [-0.4, -0.2) is 75.9 Å². The molecule has 3 aliphatic heterocycles. The van der Waals surface area contributed by atoms with E-state index in [-0.39, 0.29) is 5.92 Å². The normalized spacial score (nSPS) is 30.7. The fourth-order valence-electron chi connectivity index (χ4n) is 5.10. The summed E-state index contributed by atoms with van der Waals surface area (Å²) in [6, 6.07) is 0.488. The van der Waals surface area contributed by atoms with Crippen LogP contribution in [0.5, 0.6) is 0 Å². The summed E-state index contributed by atoms with van der Waals surface area (Å²) in [7, 11) is 0. The first kappa shape index (κ1) is 17.9. The van der Waals surface area contributed by atoms with E-state index in [1.165, 1.54) is 0 Å². The van der Waals surface area contributed by atoms with Crippen molar-refractivity contribution < 1.29 is 14.6 Å². The van der Waals surface area contributed by atoms with Gasteiger partial charge in [0.2, 0.25) is 0 Å². The Balaban J connectivity index is 1.45. The summed E-state index contributed by atoms with van der Waals surface area (Å²) < 4.78 is 7.66. The molecule has 7 heteroatoms. The molecule has 0 bridgehead atoms. The van der Waals surface area contributed by atoms with Crippen LogP contribution in [0.25, 0.3) is 0 Å². The van der Waals surface area contributed by atoms with Crippen molar-refractivity contribution in [2.24, 2.45) is 11.3 Å². The molecule has 0 saturated carbocycles. The molecule has 4 rings (SSSR count). The van der Waals surface area contributed by atoms with Crippen molar-refractivity contribution in [3.63, 3.8) is 0 Å². The molecular weight excluding hydrogens is 332 g/mol. The summed E-state index contributed by atoms with van der Waals surface area (Å²) in [6.07, 6.45) is 7.00. The highest BCUT2D eigenvalue weighted by Gasteiger charge is 2.58. The minimum absolute atomic E-state index is 0.206. The molecule has 2 atom stereocenters. The maximum absolute atomic E-state index is 12.3. The number of fused-ring (bicyclic) bond motifs is 1. The highest BCUT2D eigenvalue weighted by atomic mass is 16.5. The van der Waals surface area contributed by atoms with E-state index in [0.29, 0.717) is 19.1 Å². The Morgan fingerprint density at radius 1 is 1.35 bits per heavy atom. The number of aromatic nitrogens is 2. The van der Waals surface area contributed by atoms with Crippen LogP contribution in [-0.2, 0) is 22.6 Å². The van der Waals surface area contributed by atoms with E-state index in [2.05, 4.69) is 26.3 Å². The zero-order valence-corrected chi connectivity index (χ0v) is 15.6. The van der Waals surface area contributed by atoms with Gasteiger partial charge >= 0.3 is 5.97 Å². The number of carboxylic acid groups (broad SMARTS) is 1. The van der Waals surface area contributed by atoms with Crippen LogP contribution in [0.15, 0.2) is 12.4 Å². The van der Waals surface area contributed by atoms with Crippen LogP contribution in [0.2, 0.25) is 0 Å². The van der Waals surface area contributed by atoms with Gasteiger partial charge in [-0.2, -0.15) is 0 Å². The number of hydrogen-bond donors (Lipinski definition) is 1. The minimum atomic E-state index is -0.628. The van der Waals surface area contributed by atoms with Crippen LogP contribution in [0.1, 0.15) is 32.0 Å². The number of aryl methyl sites for hydroxylation is 1. The number of likely N-dealkylation sites (tertiary alicyclic amines) is 2. The van der Waals surface area contributed by atoms with Gasteiger partial charge in [-0.25, -0.2) is 4.98 Å². The van der Waals surface area contributed by atoms with Gasteiger partial charge in [0, 0.05) is 70.3 Å². The average Bonchev–Trinajstić information content (AvgIpc) is 3.30. The zero-order valence-electron chi connectivity index (χ0n) is 15.6. The molecule has 144 valence electrons. The molecule has 0 amide bonds. The van der Waals surface area contributed by atoms with Gasteiger partial charge in [0.05, 0.1) is 12.0 Å². The topological polar surface area (TPSA) is 70.8 Å². The molecule has 1 aromatic heterocycles. The van der Waals surface area contributed by atoms with E-state index >= 15 is 0 Å². The first-order chi connectivity index (χ1) is 12.6. The van der Waals surface area contributed by atoms with E-state index in [4.69, 9.17) is 4.74 Å². The Morgan fingerprint density at radius 3 is 2.85 bits per heavy atom. The lowest BCUT2D eigenvalue weighted by molar-refractivity contribution is -0.149. The molecule has 0 unspecified atom stereocenters. The average molecular weight is 362 g/mol. The fourth-order valence-corrected chi connectivity index (χ4v) is 5.10. The monoisotopic (exact) mass is 362 g/mol. The Bertz CT molecular complexity index is 642. The second kappa shape index (κ2) is 7.29. The lowest BCUT2D eigenvalue weighted by Gasteiger charge is -2.33. The van der Waals surface area contributed by atoms with Crippen molar-refractivity contribution in [1.29, 1.82) is 0 Å². The van der Waals surface area contributed by atoms with Gasteiger partial charge in [-0.3, -0.25) is 14.6 Å². The van der Waals surface area contributed by atoms with Crippen molar-refractivity contribution in [3.05, 3.63) is 18.2 Å². The van der Waals surface area contributed by atoms with Gasteiger partial charge in [0.25, 0.3) is 0 Å². The molecule has 1 N–H and O–H groups in total. The summed E-state index contributed by atoms with van der Waals surface area (Å²) in [6.45, 7) is 8.54. The van der Waals surface area contributed by atoms with Gasteiger partial charge < -0.3 is 14.4 Å². The Kier molecular flexibility index (Phi) is 5.03. The minimum Gasteiger partial charge on any atom is -0.481 e. The van der Waals surface area contributed by atoms with E-state index in [1.54, 1.807) is 0 Å². The highest BCUT2D eigenvalue weighted by Crippen LogP contribution is 2.44.